The van der Waals surface area contributed by atoms with Gasteiger partial charge in [0.05, 0.1) is 11.7 Å². The van der Waals surface area contributed by atoms with Crippen molar-refractivity contribution in [1.82, 2.24) is 20.2 Å². The van der Waals surface area contributed by atoms with Crippen molar-refractivity contribution in [3.63, 3.8) is 0 Å². The largest absolute Gasteiger partial charge is 0.445 e. The second-order valence-electron chi connectivity index (χ2n) is 9.62. The third-order valence-electron chi connectivity index (χ3n) is 5.61. The van der Waals surface area contributed by atoms with Gasteiger partial charge in [-0.05, 0) is 44.5 Å². The summed E-state index contributed by atoms with van der Waals surface area (Å²) in [5.74, 6) is -1.09. The maximum atomic E-state index is 14.3. The van der Waals surface area contributed by atoms with Gasteiger partial charge in [0.1, 0.15) is 29.7 Å². The molecule has 2 aromatic carbocycles. The summed E-state index contributed by atoms with van der Waals surface area (Å²) >= 11 is 0. The van der Waals surface area contributed by atoms with Crippen molar-refractivity contribution in [3.8, 4) is 11.3 Å². The first-order valence-electron chi connectivity index (χ1n) is 11.5. The molecule has 0 radical (unpaired) electrons. The second-order valence-corrected chi connectivity index (χ2v) is 9.62. The Morgan fingerprint density at radius 3 is 2.58 bits per heavy atom. The molecule has 1 aliphatic rings. The number of imidazole rings is 1. The third-order valence-corrected chi connectivity index (χ3v) is 5.61. The number of alkyl carbamates (subject to hydrolysis) is 1. The molecule has 10 heteroatoms. The smallest absolute Gasteiger partial charge is 0.410 e. The van der Waals surface area contributed by atoms with Crippen LogP contribution in [0.3, 0.4) is 0 Å². The zero-order chi connectivity index (χ0) is 25.9. The number of H-pyrrole nitrogens is 1. The van der Waals surface area contributed by atoms with E-state index in [1.807, 2.05) is 30.3 Å². The number of ether oxygens (including phenoxy) is 2. The number of carbonyl (C=O) groups is 2. The van der Waals surface area contributed by atoms with Crippen LogP contribution in [0.5, 0.6) is 0 Å². The Morgan fingerprint density at radius 1 is 1.17 bits per heavy atom. The number of halogens is 2. The van der Waals surface area contributed by atoms with Crippen LogP contribution in [0.25, 0.3) is 11.3 Å². The van der Waals surface area contributed by atoms with Crippen LogP contribution in [-0.4, -0.2) is 45.7 Å². The molecule has 1 aliphatic heterocycles. The van der Waals surface area contributed by atoms with E-state index in [1.165, 1.54) is 11.1 Å². The van der Waals surface area contributed by atoms with Crippen molar-refractivity contribution in [2.75, 3.05) is 13.1 Å². The van der Waals surface area contributed by atoms with Gasteiger partial charge in [0.15, 0.2) is 0 Å². The summed E-state index contributed by atoms with van der Waals surface area (Å²) in [6.45, 7) is 5.99. The molecule has 2 heterocycles. The van der Waals surface area contributed by atoms with E-state index in [2.05, 4.69) is 15.3 Å². The molecule has 8 nitrogen and oxygen atoms in total. The van der Waals surface area contributed by atoms with Gasteiger partial charge >= 0.3 is 12.2 Å². The van der Waals surface area contributed by atoms with E-state index in [1.54, 1.807) is 20.8 Å². The molecule has 36 heavy (non-hydrogen) atoms. The molecule has 1 atom stereocenters. The van der Waals surface area contributed by atoms with Gasteiger partial charge in [-0.3, -0.25) is 0 Å². The van der Waals surface area contributed by atoms with Gasteiger partial charge in [-0.2, -0.15) is 0 Å². The summed E-state index contributed by atoms with van der Waals surface area (Å²) in [7, 11) is 0. The predicted molar refractivity (Wildman–Crippen MR) is 128 cm³/mol. The number of hydrogen-bond donors (Lipinski definition) is 2. The number of nitrogens with one attached hydrogen (secondary N) is 2. The van der Waals surface area contributed by atoms with Crippen LogP contribution in [0.1, 0.15) is 38.2 Å². The lowest BCUT2D eigenvalue weighted by molar-refractivity contribution is 0.0259. The van der Waals surface area contributed by atoms with Crippen LogP contribution >= 0.6 is 0 Å². The van der Waals surface area contributed by atoms with Gasteiger partial charge < -0.3 is 24.7 Å². The lowest BCUT2D eigenvalue weighted by atomic mass is 9.91. The molecule has 2 N–H and O–H groups in total. The molecule has 3 aromatic rings. The fraction of sp³-hybridized carbons (Fsp3) is 0.346. The summed E-state index contributed by atoms with van der Waals surface area (Å²) in [4.78, 5) is 33.9. The maximum absolute atomic E-state index is 14.3. The van der Waals surface area contributed by atoms with Crippen LogP contribution < -0.4 is 5.32 Å². The van der Waals surface area contributed by atoms with E-state index < -0.39 is 35.5 Å². The number of amides is 2. The standard InChI is InChI=1S/C26H28F2N4O4/c1-26(2,3)36-24(33)31-22(23-29-12-21(30-23)19-11-18(27)9-10-20(19)28)17-13-32(14-17)25(34)35-15-16-7-5-4-6-8-16/h4-12,17,22H,13-15H2,1-3H3,(H,29,30)(H,31,33). The van der Waals surface area contributed by atoms with Gasteiger partial charge in [-0.15, -0.1) is 0 Å². The van der Waals surface area contributed by atoms with Crippen LogP contribution in [0.15, 0.2) is 54.7 Å². The van der Waals surface area contributed by atoms with Crippen molar-refractivity contribution in [3.05, 3.63) is 77.8 Å². The molecule has 4 rings (SSSR count). The molecule has 1 aromatic heterocycles. The molecular formula is C26H28F2N4O4. The molecule has 0 spiro atoms. The van der Waals surface area contributed by atoms with Gasteiger partial charge in [-0.1, -0.05) is 30.3 Å². The number of aromatic nitrogens is 2. The highest BCUT2D eigenvalue weighted by Crippen LogP contribution is 2.31. The molecule has 0 bridgehead atoms. The maximum Gasteiger partial charge on any atom is 0.410 e. The first-order valence-corrected chi connectivity index (χ1v) is 11.5. The number of rotatable bonds is 6. The molecule has 190 valence electrons. The Labute approximate surface area is 207 Å². The molecule has 1 fully saturated rings. The number of likely N-dealkylation sites (tertiary alicyclic amines) is 1. The summed E-state index contributed by atoms with van der Waals surface area (Å²) < 4.78 is 38.7. The molecule has 0 aliphatic carbocycles. The van der Waals surface area contributed by atoms with Gasteiger partial charge in [0.25, 0.3) is 0 Å². The minimum Gasteiger partial charge on any atom is -0.445 e. The van der Waals surface area contributed by atoms with E-state index in [9.17, 15) is 18.4 Å². The highest BCUT2D eigenvalue weighted by molar-refractivity contribution is 5.70. The highest BCUT2D eigenvalue weighted by atomic mass is 19.1. The molecular weight excluding hydrogens is 470 g/mol. The first kappa shape index (κ1) is 25.2. The Bertz CT molecular complexity index is 1220. The number of carbonyl (C=O) groups excluding carboxylic acids is 2. The summed E-state index contributed by atoms with van der Waals surface area (Å²) in [5.41, 5.74) is 0.338. The van der Waals surface area contributed by atoms with Crippen LogP contribution in [0.4, 0.5) is 18.4 Å². The summed E-state index contributed by atoms with van der Waals surface area (Å²) in [5, 5.41) is 2.80. The van der Waals surface area contributed by atoms with Crippen molar-refractivity contribution < 1.29 is 27.8 Å². The van der Waals surface area contributed by atoms with E-state index in [4.69, 9.17) is 9.47 Å². The average molecular weight is 499 g/mol. The Balaban J connectivity index is 1.46. The SMILES string of the molecule is CC(C)(C)OC(=O)NC(c1nc(-c2cc(F)ccc2F)c[nH]1)C1CN(C(=O)OCc2ccccc2)C1. The zero-order valence-electron chi connectivity index (χ0n) is 20.3. The zero-order valence-corrected chi connectivity index (χ0v) is 20.3. The quantitative estimate of drug-likeness (QED) is 0.488. The Kier molecular flexibility index (Phi) is 7.23. The Hall–Kier alpha value is -3.95. The van der Waals surface area contributed by atoms with Gasteiger partial charge in [0.2, 0.25) is 0 Å². The van der Waals surface area contributed by atoms with E-state index in [0.717, 1.165) is 23.8 Å². The van der Waals surface area contributed by atoms with Gasteiger partial charge in [0, 0.05) is 30.8 Å². The summed E-state index contributed by atoms with van der Waals surface area (Å²) in [6.07, 6.45) is 0.321. The van der Waals surface area contributed by atoms with E-state index in [0.29, 0.717) is 18.9 Å². The normalized spacial score (nSPS) is 14.6. The first-order chi connectivity index (χ1) is 17.1. The lowest BCUT2D eigenvalue weighted by Gasteiger charge is -2.42. The minimum atomic E-state index is -0.722. The molecule has 1 unspecified atom stereocenters. The van der Waals surface area contributed by atoms with E-state index in [-0.39, 0.29) is 23.8 Å². The number of hydrogen-bond acceptors (Lipinski definition) is 5. The van der Waals surface area contributed by atoms with Gasteiger partial charge in [-0.25, -0.2) is 23.4 Å². The van der Waals surface area contributed by atoms with Crippen LogP contribution in [0, 0.1) is 17.6 Å². The average Bonchev–Trinajstić information content (AvgIpc) is 3.27. The highest BCUT2D eigenvalue weighted by Gasteiger charge is 2.40. The van der Waals surface area contributed by atoms with Crippen molar-refractivity contribution in [1.29, 1.82) is 0 Å². The number of nitrogens with zero attached hydrogens (tertiary/aromatic N) is 2. The monoisotopic (exact) mass is 498 g/mol. The second kappa shape index (κ2) is 10.3. The fourth-order valence-electron chi connectivity index (χ4n) is 3.85. The summed E-state index contributed by atoms with van der Waals surface area (Å²) in [6, 6.07) is 11.8. The third kappa shape index (κ3) is 6.18. The molecule has 0 saturated carbocycles. The number of aromatic amines is 1. The van der Waals surface area contributed by atoms with Crippen LogP contribution in [0.2, 0.25) is 0 Å². The predicted octanol–water partition coefficient (Wildman–Crippen LogP) is 5.19. The van der Waals surface area contributed by atoms with E-state index >= 15 is 0 Å². The lowest BCUT2D eigenvalue weighted by Crippen LogP contribution is -2.55. The molecule has 2 amide bonds. The Morgan fingerprint density at radius 2 is 1.89 bits per heavy atom. The van der Waals surface area contributed by atoms with Crippen molar-refractivity contribution in [2.45, 2.75) is 39.0 Å². The topological polar surface area (TPSA) is 96.5 Å². The fourth-order valence-corrected chi connectivity index (χ4v) is 3.85. The van der Waals surface area contributed by atoms with Crippen LogP contribution in [-0.2, 0) is 16.1 Å². The number of benzene rings is 2. The van der Waals surface area contributed by atoms with Crippen molar-refractivity contribution in [2.24, 2.45) is 5.92 Å². The minimum absolute atomic E-state index is 0.00626. The molecule has 1 saturated heterocycles. The van der Waals surface area contributed by atoms with Crippen molar-refractivity contribution >= 4 is 12.2 Å².